The van der Waals surface area contributed by atoms with Gasteiger partial charge in [-0.3, -0.25) is 0 Å². The average Bonchev–Trinajstić information content (AvgIpc) is 2.51. The van der Waals surface area contributed by atoms with E-state index < -0.39 is 34.6 Å². The van der Waals surface area contributed by atoms with Gasteiger partial charge in [-0.05, 0) is 38.6 Å². The number of esters is 1. The topological polar surface area (TPSA) is 84.5 Å². The van der Waals surface area contributed by atoms with Crippen LogP contribution in [0.5, 0.6) is 0 Å². The highest BCUT2D eigenvalue weighted by Crippen LogP contribution is 2.25. The summed E-state index contributed by atoms with van der Waals surface area (Å²) < 4.78 is 67.1. The van der Waals surface area contributed by atoms with Gasteiger partial charge in [0.2, 0.25) is 10.0 Å². The number of benzene rings is 1. The predicted octanol–water partition coefficient (Wildman–Crippen LogP) is 2.52. The Morgan fingerprint density at radius 1 is 1.33 bits per heavy atom. The van der Waals surface area contributed by atoms with Crippen LogP contribution in [0.15, 0.2) is 23.1 Å². The molecule has 1 aromatic carbocycles. The first kappa shape index (κ1) is 20.2. The van der Waals surface area contributed by atoms with Crippen molar-refractivity contribution in [3.8, 4) is 0 Å². The number of carbonyl (C=O) groups excluding carboxylic acids is 1. The Labute approximate surface area is 138 Å². The maximum Gasteiger partial charge on any atom is 0.389 e. The van der Waals surface area contributed by atoms with Gasteiger partial charge in [0, 0.05) is 18.2 Å². The van der Waals surface area contributed by atoms with Crippen molar-refractivity contribution in [3.63, 3.8) is 0 Å². The molecule has 1 atom stereocenters. The smallest absolute Gasteiger partial charge is 0.389 e. The zero-order valence-corrected chi connectivity index (χ0v) is 14.2. The van der Waals surface area contributed by atoms with Gasteiger partial charge in [-0.2, -0.15) is 13.2 Å². The molecule has 0 amide bonds. The van der Waals surface area contributed by atoms with Gasteiger partial charge in [0.25, 0.3) is 0 Å². The van der Waals surface area contributed by atoms with Crippen molar-refractivity contribution in [1.82, 2.24) is 4.72 Å². The van der Waals surface area contributed by atoms with Crippen LogP contribution in [0.4, 0.5) is 18.9 Å². The SMILES string of the molecule is CNS(=O)(=O)c1ccc(NC(C)CCC(F)(F)F)c(C(=O)OC)c1. The van der Waals surface area contributed by atoms with E-state index in [-0.39, 0.29) is 22.6 Å². The molecule has 0 fully saturated rings. The van der Waals surface area contributed by atoms with Crippen molar-refractivity contribution >= 4 is 21.7 Å². The van der Waals surface area contributed by atoms with Gasteiger partial charge < -0.3 is 10.1 Å². The lowest BCUT2D eigenvalue weighted by Gasteiger charge is -2.18. The van der Waals surface area contributed by atoms with Crippen molar-refractivity contribution < 1.29 is 31.1 Å². The van der Waals surface area contributed by atoms with E-state index in [1.807, 2.05) is 0 Å². The molecule has 24 heavy (non-hydrogen) atoms. The van der Waals surface area contributed by atoms with Crippen molar-refractivity contribution in [2.24, 2.45) is 0 Å². The van der Waals surface area contributed by atoms with Crippen LogP contribution in [0.1, 0.15) is 30.1 Å². The molecule has 0 bridgehead atoms. The molecule has 0 aliphatic carbocycles. The Kier molecular flexibility index (Phi) is 6.61. The third-order valence-corrected chi connectivity index (χ3v) is 4.65. The highest BCUT2D eigenvalue weighted by molar-refractivity contribution is 7.89. The third-order valence-electron chi connectivity index (χ3n) is 3.24. The highest BCUT2D eigenvalue weighted by atomic mass is 32.2. The summed E-state index contributed by atoms with van der Waals surface area (Å²) in [5, 5.41) is 2.78. The summed E-state index contributed by atoms with van der Waals surface area (Å²) in [6, 6.07) is 3.09. The standard InChI is InChI=1S/C14H19F3N2O4S/c1-9(6-7-14(15,16)17)19-12-5-4-10(24(21,22)18-2)8-11(12)13(20)23-3/h4-5,8-9,18-19H,6-7H2,1-3H3. The second-order valence-electron chi connectivity index (χ2n) is 5.11. The van der Waals surface area contributed by atoms with Gasteiger partial charge in [-0.15, -0.1) is 0 Å². The summed E-state index contributed by atoms with van der Waals surface area (Å²) in [6.07, 6.45) is -5.44. The summed E-state index contributed by atoms with van der Waals surface area (Å²) in [5.74, 6) is -0.798. The second-order valence-corrected chi connectivity index (χ2v) is 6.99. The van der Waals surface area contributed by atoms with E-state index in [0.717, 1.165) is 13.2 Å². The van der Waals surface area contributed by atoms with Crippen molar-refractivity contribution in [1.29, 1.82) is 0 Å². The van der Waals surface area contributed by atoms with E-state index in [1.54, 1.807) is 0 Å². The Morgan fingerprint density at radius 3 is 2.46 bits per heavy atom. The van der Waals surface area contributed by atoms with Gasteiger partial charge in [-0.1, -0.05) is 0 Å². The molecule has 0 saturated carbocycles. The largest absolute Gasteiger partial charge is 0.465 e. The lowest BCUT2D eigenvalue weighted by Crippen LogP contribution is -2.22. The minimum Gasteiger partial charge on any atom is -0.465 e. The van der Waals surface area contributed by atoms with Crippen molar-refractivity contribution in [2.75, 3.05) is 19.5 Å². The summed E-state index contributed by atoms with van der Waals surface area (Å²) in [5.41, 5.74) is 0.124. The van der Waals surface area contributed by atoms with E-state index in [4.69, 9.17) is 0 Å². The van der Waals surface area contributed by atoms with E-state index in [2.05, 4.69) is 14.8 Å². The number of hydrogen-bond donors (Lipinski definition) is 2. The molecule has 1 aromatic rings. The van der Waals surface area contributed by atoms with Crippen molar-refractivity contribution in [2.45, 2.75) is 36.9 Å². The fourth-order valence-electron chi connectivity index (χ4n) is 1.93. The molecule has 0 radical (unpaired) electrons. The number of carbonyl (C=O) groups is 1. The molecular formula is C14H19F3N2O4S. The first-order chi connectivity index (χ1) is 11.0. The van der Waals surface area contributed by atoms with Crippen LogP contribution in [-0.2, 0) is 14.8 Å². The molecule has 1 rings (SSSR count). The average molecular weight is 368 g/mol. The second kappa shape index (κ2) is 7.84. The lowest BCUT2D eigenvalue weighted by molar-refractivity contribution is -0.135. The summed E-state index contributed by atoms with van der Waals surface area (Å²) in [7, 11) is -1.43. The van der Waals surface area contributed by atoms with Crippen LogP contribution in [-0.4, -0.2) is 40.8 Å². The van der Waals surface area contributed by atoms with E-state index in [9.17, 15) is 26.4 Å². The molecular weight excluding hydrogens is 349 g/mol. The molecule has 10 heteroatoms. The summed E-state index contributed by atoms with van der Waals surface area (Å²) >= 11 is 0. The van der Waals surface area contributed by atoms with E-state index in [0.29, 0.717) is 0 Å². The Bertz CT molecular complexity index is 690. The molecule has 6 nitrogen and oxygen atoms in total. The maximum atomic E-state index is 12.3. The number of rotatable bonds is 7. The first-order valence-electron chi connectivity index (χ1n) is 6.99. The van der Waals surface area contributed by atoms with Crippen LogP contribution in [0, 0.1) is 0 Å². The number of anilines is 1. The number of nitrogens with one attached hydrogen (secondary N) is 2. The zero-order chi connectivity index (χ0) is 18.5. The number of alkyl halides is 3. The molecule has 0 spiro atoms. The van der Waals surface area contributed by atoms with Crippen LogP contribution in [0.3, 0.4) is 0 Å². The van der Waals surface area contributed by atoms with Crippen molar-refractivity contribution in [3.05, 3.63) is 23.8 Å². The molecule has 136 valence electrons. The zero-order valence-electron chi connectivity index (χ0n) is 13.4. The minimum atomic E-state index is -4.27. The number of sulfonamides is 1. The third kappa shape index (κ3) is 5.68. The Morgan fingerprint density at radius 2 is 1.96 bits per heavy atom. The Hall–Kier alpha value is -1.81. The van der Waals surface area contributed by atoms with Crippen LogP contribution >= 0.6 is 0 Å². The number of hydrogen-bond acceptors (Lipinski definition) is 5. The molecule has 1 unspecified atom stereocenters. The van der Waals surface area contributed by atoms with Gasteiger partial charge in [0.05, 0.1) is 17.6 Å². The van der Waals surface area contributed by atoms with E-state index in [1.165, 1.54) is 26.1 Å². The van der Waals surface area contributed by atoms with Gasteiger partial charge in [0.1, 0.15) is 0 Å². The van der Waals surface area contributed by atoms with E-state index >= 15 is 0 Å². The molecule has 0 aliphatic rings. The lowest BCUT2D eigenvalue weighted by atomic mass is 10.1. The van der Waals surface area contributed by atoms with Gasteiger partial charge in [0.15, 0.2) is 0 Å². The molecule has 0 heterocycles. The molecule has 2 N–H and O–H groups in total. The number of halogens is 3. The molecule has 0 aromatic heterocycles. The molecule has 0 saturated heterocycles. The normalized spacial score (nSPS) is 13.4. The predicted molar refractivity (Wildman–Crippen MR) is 82.4 cm³/mol. The van der Waals surface area contributed by atoms with Gasteiger partial charge >= 0.3 is 12.1 Å². The first-order valence-corrected chi connectivity index (χ1v) is 8.47. The fourth-order valence-corrected chi connectivity index (χ4v) is 2.69. The molecule has 0 aliphatic heterocycles. The van der Waals surface area contributed by atoms with Gasteiger partial charge in [-0.25, -0.2) is 17.9 Å². The summed E-state index contributed by atoms with van der Waals surface area (Å²) in [4.78, 5) is 11.7. The number of methoxy groups -OCH3 is 1. The highest BCUT2D eigenvalue weighted by Gasteiger charge is 2.27. The number of ether oxygens (including phenoxy) is 1. The quantitative estimate of drug-likeness (QED) is 0.723. The van der Waals surface area contributed by atoms with Crippen LogP contribution in [0.2, 0.25) is 0 Å². The maximum absolute atomic E-state index is 12.3. The van der Waals surface area contributed by atoms with Crippen LogP contribution < -0.4 is 10.0 Å². The Balaban J connectivity index is 3.08. The minimum absolute atomic E-state index is 0.0762. The monoisotopic (exact) mass is 368 g/mol. The summed E-state index contributed by atoms with van der Waals surface area (Å²) in [6.45, 7) is 1.53. The fraction of sp³-hybridized carbons (Fsp3) is 0.500. The van der Waals surface area contributed by atoms with Crippen LogP contribution in [0.25, 0.3) is 0 Å².